The third-order valence-electron chi connectivity index (χ3n) is 3.01. The lowest BCUT2D eigenvalue weighted by Crippen LogP contribution is -2.30. The number of rotatable bonds is 5. The van der Waals surface area contributed by atoms with Gasteiger partial charge in [-0.15, -0.1) is 0 Å². The number of nitrogens with zero attached hydrogens (tertiary/aromatic N) is 1. The Labute approximate surface area is 130 Å². The Balaban J connectivity index is 2.23. The molecular formula is C13H12BrCl2NO2. The van der Waals surface area contributed by atoms with Crippen LogP contribution in [0.5, 0.6) is 0 Å². The fourth-order valence-electron chi connectivity index (χ4n) is 2.10. The molecule has 6 heteroatoms. The molecule has 1 aromatic rings. The molecular weight excluding hydrogens is 353 g/mol. The summed E-state index contributed by atoms with van der Waals surface area (Å²) in [4.78, 5) is 25.3. The van der Waals surface area contributed by atoms with E-state index >= 15 is 0 Å². The van der Waals surface area contributed by atoms with Crippen LogP contribution in [0.4, 0.5) is 5.69 Å². The van der Waals surface area contributed by atoms with Crippen molar-refractivity contribution in [2.45, 2.75) is 19.3 Å². The lowest BCUT2D eigenvalue weighted by Gasteiger charge is -2.16. The van der Waals surface area contributed by atoms with E-state index in [-0.39, 0.29) is 10.6 Å². The quantitative estimate of drug-likeness (QED) is 0.448. The fraction of sp³-hybridized carbons (Fsp3) is 0.385. The number of halogens is 3. The van der Waals surface area contributed by atoms with Crippen molar-refractivity contribution >= 4 is 56.5 Å². The molecule has 0 aliphatic carbocycles. The molecule has 0 atom stereocenters. The third kappa shape index (κ3) is 2.96. The minimum Gasteiger partial charge on any atom is -0.305 e. The van der Waals surface area contributed by atoms with Crippen LogP contribution in [0.25, 0.3) is 0 Å². The van der Waals surface area contributed by atoms with Gasteiger partial charge in [-0.25, -0.2) is 0 Å². The summed E-state index contributed by atoms with van der Waals surface area (Å²) in [5.41, 5.74) is 0.808. The summed E-state index contributed by atoms with van der Waals surface area (Å²) in [6, 6.07) is 3.11. The molecule has 1 aliphatic heterocycles. The summed E-state index contributed by atoms with van der Waals surface area (Å²) >= 11 is 15.3. The van der Waals surface area contributed by atoms with Crippen LogP contribution in [0, 0.1) is 0 Å². The molecule has 1 heterocycles. The van der Waals surface area contributed by atoms with Gasteiger partial charge in [-0.2, -0.15) is 0 Å². The summed E-state index contributed by atoms with van der Waals surface area (Å²) < 4.78 is 0. The number of hydrogen-bond acceptors (Lipinski definition) is 2. The van der Waals surface area contributed by atoms with Gasteiger partial charge in [-0.1, -0.05) is 45.6 Å². The van der Waals surface area contributed by atoms with Crippen LogP contribution in [0.2, 0.25) is 10.0 Å². The number of benzene rings is 1. The van der Waals surface area contributed by atoms with E-state index in [4.69, 9.17) is 23.2 Å². The molecule has 0 aromatic heterocycles. The summed E-state index contributed by atoms with van der Waals surface area (Å²) in [6.45, 7) is 0.515. The predicted molar refractivity (Wildman–Crippen MR) is 80.8 cm³/mol. The standard InChI is InChI=1S/C13H12BrCl2NO2/c14-4-2-1-3-5-17-10-7-8(15)6-9(16)11(10)12(18)13(17)19/h6-7H,1-5H2. The van der Waals surface area contributed by atoms with Gasteiger partial charge in [0.25, 0.3) is 11.7 Å². The molecule has 19 heavy (non-hydrogen) atoms. The highest BCUT2D eigenvalue weighted by atomic mass is 79.9. The van der Waals surface area contributed by atoms with Crippen molar-refractivity contribution in [2.75, 3.05) is 16.8 Å². The van der Waals surface area contributed by atoms with Gasteiger partial charge in [-0.3, -0.25) is 9.59 Å². The van der Waals surface area contributed by atoms with Gasteiger partial charge >= 0.3 is 0 Å². The SMILES string of the molecule is O=C1C(=O)N(CCCCCBr)c2cc(Cl)cc(Cl)c21. The number of alkyl halides is 1. The minimum atomic E-state index is -0.544. The molecule has 0 spiro atoms. The summed E-state index contributed by atoms with van der Waals surface area (Å²) in [5.74, 6) is -1.06. The van der Waals surface area contributed by atoms with E-state index in [2.05, 4.69) is 15.9 Å². The maximum atomic E-state index is 12.0. The van der Waals surface area contributed by atoms with Crippen molar-refractivity contribution < 1.29 is 9.59 Å². The predicted octanol–water partition coefficient (Wildman–Crippen LogP) is 4.09. The first-order valence-electron chi connectivity index (χ1n) is 5.97. The Morgan fingerprint density at radius 1 is 1.11 bits per heavy atom. The second kappa shape index (κ2) is 6.25. The Morgan fingerprint density at radius 3 is 2.53 bits per heavy atom. The van der Waals surface area contributed by atoms with Crippen LogP contribution in [-0.4, -0.2) is 23.6 Å². The Morgan fingerprint density at radius 2 is 1.84 bits per heavy atom. The highest BCUT2D eigenvalue weighted by Crippen LogP contribution is 2.37. The first-order valence-corrected chi connectivity index (χ1v) is 7.85. The molecule has 1 aliphatic rings. The Hall–Kier alpha value is -0.580. The third-order valence-corrected chi connectivity index (χ3v) is 4.08. The molecule has 0 N–H and O–H groups in total. The molecule has 0 radical (unpaired) electrons. The van der Waals surface area contributed by atoms with E-state index in [1.165, 1.54) is 11.0 Å². The molecule has 1 amide bonds. The van der Waals surface area contributed by atoms with Crippen molar-refractivity contribution in [1.82, 2.24) is 0 Å². The number of fused-ring (bicyclic) bond motifs is 1. The second-order valence-electron chi connectivity index (χ2n) is 4.32. The topological polar surface area (TPSA) is 37.4 Å². The van der Waals surface area contributed by atoms with Crippen molar-refractivity contribution in [3.05, 3.63) is 27.7 Å². The zero-order chi connectivity index (χ0) is 14.0. The number of carbonyl (C=O) groups excluding carboxylic acids is 2. The van der Waals surface area contributed by atoms with Crippen LogP contribution in [0.1, 0.15) is 29.6 Å². The van der Waals surface area contributed by atoms with Gasteiger partial charge in [-0.05, 0) is 25.0 Å². The lowest BCUT2D eigenvalue weighted by molar-refractivity contribution is -0.114. The number of hydrogen-bond donors (Lipinski definition) is 0. The van der Waals surface area contributed by atoms with E-state index in [1.54, 1.807) is 6.07 Å². The second-order valence-corrected chi connectivity index (χ2v) is 5.95. The van der Waals surface area contributed by atoms with Crippen molar-refractivity contribution in [3.8, 4) is 0 Å². The van der Waals surface area contributed by atoms with Gasteiger partial charge in [0.05, 0.1) is 16.3 Å². The van der Waals surface area contributed by atoms with Crippen molar-refractivity contribution in [2.24, 2.45) is 0 Å². The van der Waals surface area contributed by atoms with Gasteiger partial charge in [0.1, 0.15) is 0 Å². The normalized spacial score (nSPS) is 14.2. The highest BCUT2D eigenvalue weighted by molar-refractivity contribution is 9.09. The molecule has 0 saturated heterocycles. The molecule has 2 rings (SSSR count). The van der Waals surface area contributed by atoms with Crippen molar-refractivity contribution in [3.63, 3.8) is 0 Å². The zero-order valence-corrected chi connectivity index (χ0v) is 13.2. The van der Waals surface area contributed by atoms with Crippen LogP contribution < -0.4 is 4.90 Å². The lowest BCUT2D eigenvalue weighted by atomic mass is 10.1. The first-order chi connectivity index (χ1) is 9.06. The number of unbranched alkanes of at least 4 members (excludes halogenated alkanes) is 2. The Kier molecular flexibility index (Phi) is 4.87. The van der Waals surface area contributed by atoms with Gasteiger partial charge in [0.2, 0.25) is 0 Å². The molecule has 0 saturated carbocycles. The monoisotopic (exact) mass is 363 g/mol. The van der Waals surface area contributed by atoms with Gasteiger partial charge < -0.3 is 4.90 Å². The van der Waals surface area contributed by atoms with Crippen LogP contribution in [-0.2, 0) is 4.79 Å². The Bertz CT molecular complexity index is 534. The number of anilines is 1. The highest BCUT2D eigenvalue weighted by Gasteiger charge is 2.37. The molecule has 0 fully saturated rings. The maximum absolute atomic E-state index is 12.0. The van der Waals surface area contributed by atoms with E-state index in [0.717, 1.165) is 24.6 Å². The van der Waals surface area contributed by atoms with Gasteiger partial charge in [0, 0.05) is 16.9 Å². The minimum absolute atomic E-state index is 0.240. The van der Waals surface area contributed by atoms with Gasteiger partial charge in [0.15, 0.2) is 0 Å². The first kappa shape index (κ1) is 14.8. The average Bonchev–Trinajstić information content (AvgIpc) is 2.59. The van der Waals surface area contributed by atoms with Crippen LogP contribution in [0.3, 0.4) is 0 Å². The summed E-state index contributed by atoms with van der Waals surface area (Å²) in [6.07, 6.45) is 2.88. The van der Waals surface area contributed by atoms with E-state index in [1.807, 2.05) is 0 Å². The van der Waals surface area contributed by atoms with Crippen LogP contribution >= 0.6 is 39.1 Å². The molecule has 0 unspecified atom stereocenters. The number of ketones is 1. The summed E-state index contributed by atoms with van der Waals surface area (Å²) in [7, 11) is 0. The number of amides is 1. The number of Topliss-reactive ketones (excluding diaryl/α,β-unsaturated/α-hetero) is 1. The van der Waals surface area contributed by atoms with Crippen molar-refractivity contribution in [1.29, 1.82) is 0 Å². The van der Waals surface area contributed by atoms with Crippen LogP contribution in [0.15, 0.2) is 12.1 Å². The molecule has 3 nitrogen and oxygen atoms in total. The molecule has 102 valence electrons. The number of carbonyl (C=O) groups is 2. The smallest absolute Gasteiger partial charge is 0.299 e. The van der Waals surface area contributed by atoms with E-state index < -0.39 is 11.7 Å². The molecule has 1 aromatic carbocycles. The zero-order valence-electron chi connectivity index (χ0n) is 10.1. The largest absolute Gasteiger partial charge is 0.305 e. The van der Waals surface area contributed by atoms with E-state index in [0.29, 0.717) is 17.3 Å². The molecule has 0 bridgehead atoms. The fourth-order valence-corrected chi connectivity index (χ4v) is 3.06. The maximum Gasteiger partial charge on any atom is 0.299 e. The van der Waals surface area contributed by atoms with E-state index in [9.17, 15) is 9.59 Å². The average molecular weight is 365 g/mol. The summed E-state index contributed by atoms with van der Waals surface area (Å²) in [5, 5.41) is 1.61.